The standard InChI is InChI=1S/C40H42Cl2N4O8/c1-43(2)38(47)29-6-5-7-30(18-29)46(40(49)54-37-24-44-16-14-26(37)15-17-44)21-25-8-10-27(11-9-25)39(48)53-35(20-31-32(41)22-45(50)23-33(31)42)28-12-13-34(51-3)36(19-28)52-4/h5-13,18-19,22-23,26,35,37H,14-17,20-21,24H2,1-4H3/t35-,37-/m0/s1. The third kappa shape index (κ3) is 8.83. The van der Waals surface area contributed by atoms with Crippen molar-refractivity contribution >= 4 is 46.9 Å². The Kier molecular flexibility index (Phi) is 12.2. The van der Waals surface area contributed by atoms with Crippen LogP contribution in [0.2, 0.25) is 10.0 Å². The topological polar surface area (TPSA) is 125 Å². The zero-order valence-electron chi connectivity index (χ0n) is 30.5. The summed E-state index contributed by atoms with van der Waals surface area (Å²) in [6.45, 7) is 2.84. The molecule has 14 heteroatoms. The molecule has 12 nitrogen and oxygen atoms in total. The quantitative estimate of drug-likeness (QED) is 0.0876. The van der Waals surface area contributed by atoms with Gasteiger partial charge in [0.2, 0.25) is 0 Å². The van der Waals surface area contributed by atoms with Crippen molar-refractivity contribution in [3.63, 3.8) is 0 Å². The van der Waals surface area contributed by atoms with E-state index in [0.717, 1.165) is 25.9 Å². The van der Waals surface area contributed by atoms with E-state index in [0.29, 0.717) is 56.6 Å². The molecule has 2 amide bonds. The molecule has 0 aliphatic carbocycles. The highest BCUT2D eigenvalue weighted by Gasteiger charge is 2.37. The zero-order chi connectivity index (χ0) is 38.5. The number of piperidine rings is 3. The molecule has 0 radical (unpaired) electrons. The third-order valence-electron chi connectivity index (χ3n) is 9.89. The van der Waals surface area contributed by atoms with Crippen molar-refractivity contribution in [1.82, 2.24) is 9.80 Å². The SMILES string of the molecule is COc1ccc([C@H](Cc2c(Cl)c[n+]([O-])cc2Cl)OC(=O)c2ccc(CN(C(=O)O[C@H]3CN4CCC3CC4)c3cccc(C(=O)N(C)C)c3)cc2)cc1OC. The first-order valence-electron chi connectivity index (χ1n) is 17.5. The van der Waals surface area contributed by atoms with Crippen molar-refractivity contribution in [1.29, 1.82) is 0 Å². The first-order valence-corrected chi connectivity index (χ1v) is 18.3. The van der Waals surface area contributed by atoms with Crippen molar-refractivity contribution in [2.45, 2.75) is 38.0 Å². The van der Waals surface area contributed by atoms with Crippen molar-refractivity contribution in [3.05, 3.63) is 122 Å². The second-order valence-corrected chi connectivity index (χ2v) is 14.4. The highest BCUT2D eigenvalue weighted by Crippen LogP contribution is 2.36. The number of benzene rings is 3. The van der Waals surface area contributed by atoms with Crippen molar-refractivity contribution in [2.75, 3.05) is 52.8 Å². The molecule has 2 bridgehead atoms. The van der Waals surface area contributed by atoms with E-state index >= 15 is 0 Å². The molecular formula is C40H42Cl2N4O8. The highest BCUT2D eigenvalue weighted by molar-refractivity contribution is 6.35. The summed E-state index contributed by atoms with van der Waals surface area (Å²) in [6, 6.07) is 18.8. The molecule has 3 fully saturated rings. The molecule has 3 aromatic carbocycles. The molecule has 0 spiro atoms. The minimum absolute atomic E-state index is 0.0594. The van der Waals surface area contributed by atoms with E-state index in [2.05, 4.69) is 4.90 Å². The molecule has 0 saturated carbocycles. The summed E-state index contributed by atoms with van der Waals surface area (Å²) in [5.74, 6) is 0.409. The van der Waals surface area contributed by atoms with Crippen LogP contribution in [0.3, 0.4) is 0 Å². The first-order chi connectivity index (χ1) is 25.9. The second-order valence-electron chi connectivity index (χ2n) is 13.6. The Bertz CT molecular complexity index is 1980. The minimum atomic E-state index is -0.886. The number of aromatic nitrogens is 1. The highest BCUT2D eigenvalue weighted by atomic mass is 35.5. The molecule has 0 unspecified atom stereocenters. The Morgan fingerprint density at radius 1 is 0.907 bits per heavy atom. The van der Waals surface area contributed by atoms with Gasteiger partial charge in [0.05, 0.1) is 26.3 Å². The average Bonchev–Trinajstić information content (AvgIpc) is 3.17. The maximum Gasteiger partial charge on any atom is 0.414 e. The van der Waals surface area contributed by atoms with Crippen LogP contribution in [0.15, 0.2) is 79.1 Å². The van der Waals surface area contributed by atoms with Gasteiger partial charge in [-0.2, -0.15) is 4.73 Å². The predicted octanol–water partition coefficient (Wildman–Crippen LogP) is 6.72. The van der Waals surface area contributed by atoms with E-state index in [1.54, 1.807) is 80.8 Å². The number of anilines is 1. The number of amides is 2. The van der Waals surface area contributed by atoms with Crippen LogP contribution in [-0.4, -0.2) is 81.8 Å². The van der Waals surface area contributed by atoms with Crippen LogP contribution >= 0.6 is 23.2 Å². The van der Waals surface area contributed by atoms with Gasteiger partial charge in [0.25, 0.3) is 5.91 Å². The summed E-state index contributed by atoms with van der Waals surface area (Å²) in [6.07, 6.45) is 2.79. The number of pyridine rings is 1. The molecular weight excluding hydrogens is 735 g/mol. The van der Waals surface area contributed by atoms with Crippen LogP contribution < -0.4 is 19.1 Å². The molecule has 4 heterocycles. The lowest BCUT2D eigenvalue weighted by Gasteiger charge is -2.44. The Hall–Kier alpha value is -5.04. The minimum Gasteiger partial charge on any atom is -0.619 e. The molecule has 4 aromatic rings. The number of methoxy groups -OCH3 is 2. The fourth-order valence-electron chi connectivity index (χ4n) is 6.88. The lowest BCUT2D eigenvalue weighted by molar-refractivity contribution is -0.605. The second kappa shape index (κ2) is 17.0. The van der Waals surface area contributed by atoms with Crippen LogP contribution in [0.4, 0.5) is 10.5 Å². The predicted molar refractivity (Wildman–Crippen MR) is 203 cm³/mol. The smallest absolute Gasteiger partial charge is 0.414 e. The molecule has 2 atom stereocenters. The normalized spacial score (nSPS) is 18.0. The van der Waals surface area contributed by atoms with E-state index in [9.17, 15) is 19.6 Å². The lowest BCUT2D eigenvalue weighted by atomic mass is 9.86. The third-order valence-corrected chi connectivity index (χ3v) is 10.5. The van der Waals surface area contributed by atoms with Gasteiger partial charge in [-0.25, -0.2) is 9.59 Å². The number of carbonyl (C=O) groups is 3. The number of hydrogen-bond donors (Lipinski definition) is 0. The van der Waals surface area contributed by atoms with Gasteiger partial charge in [-0.3, -0.25) is 14.6 Å². The van der Waals surface area contributed by atoms with E-state index in [-0.39, 0.29) is 40.6 Å². The van der Waals surface area contributed by atoms with Crippen LogP contribution in [0, 0.1) is 11.1 Å². The number of nitrogens with zero attached hydrogens (tertiary/aromatic N) is 4. The number of ether oxygens (including phenoxy) is 4. The monoisotopic (exact) mass is 776 g/mol. The summed E-state index contributed by atoms with van der Waals surface area (Å²) in [7, 11) is 6.36. The number of esters is 1. The number of fused-ring (bicyclic) bond motifs is 3. The lowest BCUT2D eigenvalue weighted by Crippen LogP contribution is -2.53. The van der Waals surface area contributed by atoms with Crippen LogP contribution in [0.25, 0.3) is 0 Å². The molecule has 3 aliphatic heterocycles. The zero-order valence-corrected chi connectivity index (χ0v) is 32.0. The summed E-state index contributed by atoms with van der Waals surface area (Å²) >= 11 is 12.8. The van der Waals surface area contributed by atoms with Crippen LogP contribution in [0.5, 0.6) is 11.5 Å². The van der Waals surface area contributed by atoms with Gasteiger partial charge in [0.15, 0.2) is 23.9 Å². The fraction of sp³-hybridized carbons (Fsp3) is 0.350. The summed E-state index contributed by atoms with van der Waals surface area (Å²) < 4.78 is 23.6. The van der Waals surface area contributed by atoms with Crippen LogP contribution in [-0.2, 0) is 22.4 Å². The van der Waals surface area contributed by atoms with Gasteiger partial charge in [-0.1, -0.05) is 47.5 Å². The van der Waals surface area contributed by atoms with E-state index < -0.39 is 18.2 Å². The summed E-state index contributed by atoms with van der Waals surface area (Å²) in [4.78, 5) is 45.7. The Morgan fingerprint density at radius 3 is 2.20 bits per heavy atom. The molecule has 7 rings (SSSR count). The van der Waals surface area contributed by atoms with Gasteiger partial charge in [-0.15, -0.1) is 0 Å². The van der Waals surface area contributed by atoms with Gasteiger partial charge >= 0.3 is 12.1 Å². The molecule has 3 saturated heterocycles. The fourth-order valence-corrected chi connectivity index (χ4v) is 7.48. The number of hydrogen-bond acceptors (Lipinski definition) is 9. The van der Waals surface area contributed by atoms with Crippen molar-refractivity contribution in [2.24, 2.45) is 5.92 Å². The molecule has 1 aromatic heterocycles. The maximum atomic E-state index is 13.9. The van der Waals surface area contributed by atoms with Gasteiger partial charge in [-0.05, 0) is 85.4 Å². The van der Waals surface area contributed by atoms with E-state index in [1.807, 2.05) is 0 Å². The van der Waals surface area contributed by atoms with Crippen molar-refractivity contribution < 1.29 is 38.1 Å². The Balaban J connectivity index is 1.24. The van der Waals surface area contributed by atoms with E-state index in [4.69, 9.17) is 42.1 Å². The molecule has 3 aliphatic rings. The van der Waals surface area contributed by atoms with Crippen LogP contribution in [0.1, 0.15) is 56.4 Å². The number of carbonyl (C=O) groups excluding carboxylic acids is 3. The molecule has 284 valence electrons. The Morgan fingerprint density at radius 2 is 1.59 bits per heavy atom. The Labute approximate surface area is 324 Å². The van der Waals surface area contributed by atoms with Crippen molar-refractivity contribution in [3.8, 4) is 11.5 Å². The average molecular weight is 778 g/mol. The summed E-state index contributed by atoms with van der Waals surface area (Å²) in [5.41, 5.74) is 2.92. The number of rotatable bonds is 12. The number of halogens is 2. The molecule has 0 N–H and O–H groups in total. The summed E-state index contributed by atoms with van der Waals surface area (Å²) in [5, 5.41) is 12.2. The largest absolute Gasteiger partial charge is 0.619 e. The van der Waals surface area contributed by atoms with E-state index in [1.165, 1.54) is 36.4 Å². The molecule has 54 heavy (non-hydrogen) atoms. The first kappa shape index (κ1) is 38.7. The van der Waals surface area contributed by atoms with Gasteiger partial charge < -0.3 is 29.1 Å². The van der Waals surface area contributed by atoms with Gasteiger partial charge in [0, 0.05) is 43.9 Å². The van der Waals surface area contributed by atoms with Gasteiger partial charge in [0.1, 0.15) is 22.3 Å². The maximum absolute atomic E-state index is 13.9.